The van der Waals surface area contributed by atoms with Crippen LogP contribution in [0.2, 0.25) is 0 Å². The molecule has 110 valence electrons. The Labute approximate surface area is 115 Å². The molecule has 2 aliphatic rings. The van der Waals surface area contributed by atoms with Gasteiger partial charge in [0.05, 0.1) is 18.8 Å². The van der Waals surface area contributed by atoms with Gasteiger partial charge < -0.3 is 19.7 Å². The van der Waals surface area contributed by atoms with E-state index in [2.05, 4.69) is 10.2 Å². The van der Waals surface area contributed by atoms with Crippen LogP contribution < -0.4 is 5.32 Å². The molecule has 0 radical (unpaired) electrons. The number of hydrogen-bond acceptors (Lipinski definition) is 4. The van der Waals surface area contributed by atoms with Crippen molar-refractivity contribution in [3.8, 4) is 0 Å². The van der Waals surface area contributed by atoms with Gasteiger partial charge in [-0.1, -0.05) is 19.3 Å². The summed E-state index contributed by atoms with van der Waals surface area (Å²) in [7, 11) is 1.64. The number of nitrogens with zero attached hydrogens (tertiary/aromatic N) is 1. The lowest BCUT2D eigenvalue weighted by Gasteiger charge is -2.49. The van der Waals surface area contributed by atoms with Crippen LogP contribution in [0.4, 0.5) is 0 Å². The number of carbonyl (C=O) groups excluding carboxylic acids is 1. The van der Waals surface area contributed by atoms with E-state index in [-0.39, 0.29) is 18.1 Å². The van der Waals surface area contributed by atoms with E-state index in [1.165, 1.54) is 19.3 Å². The lowest BCUT2D eigenvalue weighted by molar-refractivity contribution is -0.146. The Morgan fingerprint density at radius 1 is 1.26 bits per heavy atom. The lowest BCUT2D eigenvalue weighted by Crippen LogP contribution is -2.64. The molecule has 2 rings (SSSR count). The number of piperazine rings is 1. The highest BCUT2D eigenvalue weighted by atomic mass is 16.5. The maximum atomic E-state index is 12.4. The normalized spacial score (nSPS) is 22.7. The van der Waals surface area contributed by atoms with Crippen molar-refractivity contribution >= 4 is 5.91 Å². The second-order valence-electron chi connectivity index (χ2n) is 5.55. The molecule has 2 fully saturated rings. The van der Waals surface area contributed by atoms with Crippen LogP contribution in [0.15, 0.2) is 0 Å². The maximum Gasteiger partial charge on any atom is 0.249 e. The largest absolute Gasteiger partial charge is 0.382 e. The molecule has 0 aromatic heterocycles. The summed E-state index contributed by atoms with van der Waals surface area (Å²) in [6.07, 6.45) is 6.02. The van der Waals surface area contributed by atoms with Gasteiger partial charge in [-0.3, -0.25) is 4.79 Å². The summed E-state index contributed by atoms with van der Waals surface area (Å²) >= 11 is 0. The Bertz CT molecular complexity index is 282. The highest BCUT2D eigenvalue weighted by Gasteiger charge is 2.41. The molecule has 1 spiro atoms. The van der Waals surface area contributed by atoms with E-state index in [1.807, 2.05) is 0 Å². The van der Waals surface area contributed by atoms with Crippen LogP contribution in [-0.2, 0) is 14.3 Å². The SMILES string of the molecule is COCCOCC(=O)N1CCNCC12CCCCC2. The number of hydrogen-bond donors (Lipinski definition) is 1. The summed E-state index contributed by atoms with van der Waals surface area (Å²) in [5, 5.41) is 3.45. The number of methoxy groups -OCH3 is 1. The molecule has 0 atom stereocenters. The third-order valence-corrected chi connectivity index (χ3v) is 4.28. The van der Waals surface area contributed by atoms with Gasteiger partial charge in [0.25, 0.3) is 0 Å². The summed E-state index contributed by atoms with van der Waals surface area (Å²) in [5.74, 6) is 0.138. The van der Waals surface area contributed by atoms with Gasteiger partial charge in [0, 0.05) is 26.7 Å². The van der Waals surface area contributed by atoms with E-state index in [4.69, 9.17) is 9.47 Å². The summed E-state index contributed by atoms with van der Waals surface area (Å²) in [6, 6.07) is 0. The minimum absolute atomic E-state index is 0.0538. The molecule has 1 saturated carbocycles. The van der Waals surface area contributed by atoms with Crippen LogP contribution in [0.5, 0.6) is 0 Å². The molecule has 1 N–H and O–H groups in total. The van der Waals surface area contributed by atoms with Gasteiger partial charge in [-0.25, -0.2) is 0 Å². The summed E-state index contributed by atoms with van der Waals surface area (Å²) in [6.45, 7) is 3.86. The third-order valence-electron chi connectivity index (χ3n) is 4.28. The van der Waals surface area contributed by atoms with Crippen molar-refractivity contribution in [2.75, 3.05) is 46.6 Å². The zero-order chi connectivity index (χ0) is 13.6. The van der Waals surface area contributed by atoms with Crippen LogP contribution in [-0.4, -0.2) is 62.9 Å². The van der Waals surface area contributed by atoms with Crippen LogP contribution in [0.3, 0.4) is 0 Å². The van der Waals surface area contributed by atoms with Crippen molar-refractivity contribution in [3.05, 3.63) is 0 Å². The lowest BCUT2D eigenvalue weighted by atomic mass is 9.79. The minimum atomic E-state index is 0.0538. The Morgan fingerprint density at radius 2 is 2.05 bits per heavy atom. The quantitative estimate of drug-likeness (QED) is 0.750. The van der Waals surface area contributed by atoms with E-state index in [0.717, 1.165) is 32.5 Å². The van der Waals surface area contributed by atoms with Crippen molar-refractivity contribution in [3.63, 3.8) is 0 Å². The topological polar surface area (TPSA) is 50.8 Å². The van der Waals surface area contributed by atoms with E-state index >= 15 is 0 Å². The van der Waals surface area contributed by atoms with Crippen LogP contribution in [0.25, 0.3) is 0 Å². The van der Waals surface area contributed by atoms with Crippen LogP contribution in [0.1, 0.15) is 32.1 Å². The molecule has 5 nitrogen and oxygen atoms in total. The van der Waals surface area contributed by atoms with Gasteiger partial charge in [-0.15, -0.1) is 0 Å². The first-order chi connectivity index (χ1) is 9.28. The van der Waals surface area contributed by atoms with E-state index in [0.29, 0.717) is 13.2 Å². The van der Waals surface area contributed by atoms with E-state index in [9.17, 15) is 4.79 Å². The molecule has 5 heteroatoms. The van der Waals surface area contributed by atoms with Crippen LogP contribution in [0, 0.1) is 0 Å². The highest BCUT2D eigenvalue weighted by Crippen LogP contribution is 2.34. The molecule has 0 aromatic carbocycles. The first kappa shape index (κ1) is 14.8. The Balaban J connectivity index is 1.89. The van der Waals surface area contributed by atoms with Crippen molar-refractivity contribution in [2.45, 2.75) is 37.6 Å². The van der Waals surface area contributed by atoms with Gasteiger partial charge in [0.15, 0.2) is 0 Å². The molecule has 0 unspecified atom stereocenters. The average Bonchev–Trinajstić information content (AvgIpc) is 2.45. The molecule has 1 aliphatic carbocycles. The molecule has 19 heavy (non-hydrogen) atoms. The first-order valence-electron chi connectivity index (χ1n) is 7.36. The standard InChI is InChI=1S/C14H26N2O3/c1-18-9-10-19-11-13(17)16-8-7-15-12-14(16)5-3-2-4-6-14/h15H,2-12H2,1H3. The predicted molar refractivity (Wildman–Crippen MR) is 73.1 cm³/mol. The number of carbonyl (C=O) groups is 1. The summed E-state index contributed by atoms with van der Waals surface area (Å²) < 4.78 is 10.3. The van der Waals surface area contributed by atoms with E-state index in [1.54, 1.807) is 7.11 Å². The molecule has 0 aromatic rings. The molecule has 1 amide bonds. The summed E-state index contributed by atoms with van der Waals surface area (Å²) in [4.78, 5) is 14.4. The molecule has 0 bridgehead atoms. The van der Waals surface area contributed by atoms with Crippen molar-refractivity contribution in [1.29, 1.82) is 0 Å². The second kappa shape index (κ2) is 7.22. The highest BCUT2D eigenvalue weighted by molar-refractivity contribution is 5.78. The number of rotatable bonds is 5. The van der Waals surface area contributed by atoms with Gasteiger partial charge in [0.2, 0.25) is 5.91 Å². The fourth-order valence-electron chi connectivity index (χ4n) is 3.27. The van der Waals surface area contributed by atoms with Crippen molar-refractivity contribution < 1.29 is 14.3 Å². The number of amides is 1. The molecule has 1 saturated heterocycles. The first-order valence-corrected chi connectivity index (χ1v) is 7.36. The average molecular weight is 270 g/mol. The number of nitrogens with one attached hydrogen (secondary N) is 1. The Hall–Kier alpha value is -0.650. The zero-order valence-corrected chi connectivity index (χ0v) is 12.0. The zero-order valence-electron chi connectivity index (χ0n) is 12.0. The predicted octanol–water partition coefficient (Wildman–Crippen LogP) is 0.784. The Kier molecular flexibility index (Phi) is 5.60. The molecular formula is C14H26N2O3. The monoisotopic (exact) mass is 270 g/mol. The van der Waals surface area contributed by atoms with Gasteiger partial charge in [0.1, 0.15) is 6.61 Å². The second-order valence-corrected chi connectivity index (χ2v) is 5.55. The van der Waals surface area contributed by atoms with Gasteiger partial charge in [-0.05, 0) is 12.8 Å². The summed E-state index contributed by atoms with van der Waals surface area (Å²) in [5.41, 5.74) is 0.0538. The molecule has 1 heterocycles. The van der Waals surface area contributed by atoms with Gasteiger partial charge >= 0.3 is 0 Å². The number of ether oxygens (including phenoxy) is 2. The molecular weight excluding hydrogens is 244 g/mol. The Morgan fingerprint density at radius 3 is 2.79 bits per heavy atom. The van der Waals surface area contributed by atoms with Crippen molar-refractivity contribution in [2.24, 2.45) is 0 Å². The smallest absolute Gasteiger partial charge is 0.249 e. The minimum Gasteiger partial charge on any atom is -0.382 e. The van der Waals surface area contributed by atoms with E-state index < -0.39 is 0 Å². The van der Waals surface area contributed by atoms with Crippen molar-refractivity contribution in [1.82, 2.24) is 10.2 Å². The maximum absolute atomic E-state index is 12.4. The van der Waals surface area contributed by atoms with Crippen LogP contribution >= 0.6 is 0 Å². The van der Waals surface area contributed by atoms with Gasteiger partial charge in [-0.2, -0.15) is 0 Å². The third kappa shape index (κ3) is 3.68. The fourth-order valence-corrected chi connectivity index (χ4v) is 3.27. The fraction of sp³-hybridized carbons (Fsp3) is 0.929. The molecule has 1 aliphatic heterocycles.